The molecule has 6 heteroatoms. The molecular weight excluding hydrogens is 298 g/mol. The van der Waals surface area contributed by atoms with E-state index in [-0.39, 0.29) is 5.92 Å². The average molecular weight is 317 g/mol. The highest BCUT2D eigenvalue weighted by Gasteiger charge is 2.27. The molecule has 2 aromatic rings. The molecule has 0 radical (unpaired) electrons. The number of hydrogen-bond donors (Lipinski definition) is 0. The second kappa shape index (κ2) is 6.14. The van der Waals surface area contributed by atoms with Gasteiger partial charge in [0.1, 0.15) is 0 Å². The molecule has 0 N–H and O–H groups in total. The summed E-state index contributed by atoms with van der Waals surface area (Å²) < 4.78 is 25.0. The molecule has 0 amide bonds. The number of rotatable bonds is 3. The molecule has 1 aromatic carbocycles. The van der Waals surface area contributed by atoms with E-state index in [9.17, 15) is 8.42 Å². The van der Waals surface area contributed by atoms with Crippen LogP contribution in [0, 0.1) is 0 Å². The predicted molar refractivity (Wildman–Crippen MR) is 85.9 cm³/mol. The highest BCUT2D eigenvalue weighted by molar-refractivity contribution is 7.88. The first-order valence-electron chi connectivity index (χ1n) is 7.36. The Morgan fingerprint density at radius 3 is 2.68 bits per heavy atom. The van der Waals surface area contributed by atoms with Crippen molar-refractivity contribution >= 4 is 10.0 Å². The lowest BCUT2D eigenvalue weighted by Gasteiger charge is -2.30. The van der Waals surface area contributed by atoms with Crippen molar-refractivity contribution in [2.45, 2.75) is 18.8 Å². The fraction of sp³-hybridized carbons (Fsp3) is 0.375. The van der Waals surface area contributed by atoms with Crippen molar-refractivity contribution in [2.24, 2.45) is 0 Å². The quantitative estimate of drug-likeness (QED) is 0.871. The van der Waals surface area contributed by atoms with Crippen molar-refractivity contribution in [3.63, 3.8) is 0 Å². The van der Waals surface area contributed by atoms with Crippen LogP contribution in [0.5, 0.6) is 0 Å². The second-order valence-corrected chi connectivity index (χ2v) is 7.64. The largest absolute Gasteiger partial charge is 0.261 e. The van der Waals surface area contributed by atoms with Gasteiger partial charge >= 0.3 is 0 Å². The predicted octanol–water partition coefficient (Wildman–Crippen LogP) is 2.28. The summed E-state index contributed by atoms with van der Waals surface area (Å²) in [6.07, 6.45) is 6.56. The molecule has 22 heavy (non-hydrogen) atoms. The zero-order valence-corrected chi connectivity index (χ0v) is 13.3. The molecule has 0 bridgehead atoms. The maximum absolute atomic E-state index is 11.7. The van der Waals surface area contributed by atoms with E-state index in [2.05, 4.69) is 4.98 Å². The monoisotopic (exact) mass is 317 g/mol. The number of hydrogen-bond acceptors (Lipinski definition) is 4. The molecule has 1 saturated heterocycles. The van der Waals surface area contributed by atoms with E-state index in [0.29, 0.717) is 13.1 Å². The normalized spacial score (nSPS) is 20.0. The Morgan fingerprint density at radius 2 is 1.95 bits per heavy atom. The minimum atomic E-state index is -3.14. The van der Waals surface area contributed by atoms with Crippen LogP contribution in [0.2, 0.25) is 0 Å². The lowest BCUT2D eigenvalue weighted by Crippen LogP contribution is -2.38. The highest BCUT2D eigenvalue weighted by Crippen LogP contribution is 2.27. The van der Waals surface area contributed by atoms with Gasteiger partial charge in [-0.3, -0.25) is 4.98 Å². The van der Waals surface area contributed by atoms with E-state index in [1.54, 1.807) is 12.4 Å². The van der Waals surface area contributed by atoms with Crippen molar-refractivity contribution in [1.29, 1.82) is 0 Å². The zero-order valence-electron chi connectivity index (χ0n) is 12.5. The van der Waals surface area contributed by atoms with E-state index in [1.165, 1.54) is 10.6 Å². The van der Waals surface area contributed by atoms with Crippen molar-refractivity contribution in [3.8, 4) is 11.3 Å². The van der Waals surface area contributed by atoms with Gasteiger partial charge in [-0.2, -0.15) is 0 Å². The van der Waals surface area contributed by atoms with Gasteiger partial charge in [-0.25, -0.2) is 17.7 Å². The minimum absolute atomic E-state index is 0.111. The maximum atomic E-state index is 11.7. The minimum Gasteiger partial charge on any atom is -0.261 e. The Hall–Kier alpha value is -1.79. The number of sulfonamides is 1. The molecule has 1 aliphatic rings. The summed E-state index contributed by atoms with van der Waals surface area (Å²) in [5.41, 5.74) is 2.72. The third-order valence-electron chi connectivity index (χ3n) is 3.99. The smallest absolute Gasteiger partial charge is 0.211 e. The number of benzene rings is 1. The summed E-state index contributed by atoms with van der Waals surface area (Å²) >= 11 is 0. The van der Waals surface area contributed by atoms with Crippen LogP contribution in [0.3, 0.4) is 0 Å². The summed E-state index contributed by atoms with van der Waals surface area (Å²) in [5.74, 6) is 0.111. The summed E-state index contributed by atoms with van der Waals surface area (Å²) in [5, 5.41) is 0. The van der Waals surface area contributed by atoms with Crippen LogP contribution < -0.4 is 0 Å². The number of nitrogens with zero attached hydrogens (tertiary/aromatic N) is 3. The van der Waals surface area contributed by atoms with Gasteiger partial charge in [0.05, 0.1) is 23.8 Å². The van der Waals surface area contributed by atoms with Gasteiger partial charge < -0.3 is 0 Å². The van der Waals surface area contributed by atoms with Gasteiger partial charge in [-0.1, -0.05) is 30.3 Å². The van der Waals surface area contributed by atoms with E-state index in [4.69, 9.17) is 4.98 Å². The first kappa shape index (κ1) is 15.1. The maximum Gasteiger partial charge on any atom is 0.211 e. The van der Waals surface area contributed by atoms with Gasteiger partial charge in [0.25, 0.3) is 0 Å². The zero-order chi connectivity index (χ0) is 15.6. The molecule has 0 spiro atoms. The molecule has 2 heterocycles. The Bertz CT molecular complexity index is 747. The molecule has 0 saturated carbocycles. The van der Waals surface area contributed by atoms with Crippen molar-refractivity contribution < 1.29 is 8.42 Å². The van der Waals surface area contributed by atoms with E-state index in [1.807, 2.05) is 30.3 Å². The Morgan fingerprint density at radius 1 is 1.18 bits per heavy atom. The van der Waals surface area contributed by atoms with Crippen LogP contribution in [0.1, 0.15) is 24.5 Å². The van der Waals surface area contributed by atoms with E-state index >= 15 is 0 Å². The van der Waals surface area contributed by atoms with E-state index in [0.717, 1.165) is 29.8 Å². The van der Waals surface area contributed by atoms with Gasteiger partial charge in [-0.15, -0.1) is 0 Å². The summed E-state index contributed by atoms with van der Waals surface area (Å²) in [6, 6.07) is 9.90. The summed E-state index contributed by atoms with van der Waals surface area (Å²) in [4.78, 5) is 8.99. The van der Waals surface area contributed by atoms with Crippen molar-refractivity contribution in [2.75, 3.05) is 19.3 Å². The molecule has 5 nitrogen and oxygen atoms in total. The molecule has 1 fully saturated rings. The third kappa shape index (κ3) is 3.34. The Balaban J connectivity index is 1.86. The first-order chi connectivity index (χ1) is 10.5. The molecule has 0 unspecified atom stereocenters. The van der Waals surface area contributed by atoms with Gasteiger partial charge in [-0.05, 0) is 12.8 Å². The summed E-state index contributed by atoms with van der Waals surface area (Å²) in [7, 11) is -3.14. The van der Waals surface area contributed by atoms with Crippen molar-refractivity contribution in [3.05, 3.63) is 48.4 Å². The van der Waals surface area contributed by atoms with Gasteiger partial charge in [0.15, 0.2) is 0 Å². The lowest BCUT2D eigenvalue weighted by atomic mass is 9.96. The van der Waals surface area contributed by atoms with Gasteiger partial charge in [0.2, 0.25) is 10.0 Å². The molecule has 116 valence electrons. The molecule has 0 aliphatic carbocycles. The fourth-order valence-electron chi connectivity index (χ4n) is 2.81. The number of aromatic nitrogens is 2. The van der Waals surface area contributed by atoms with Crippen LogP contribution in [-0.4, -0.2) is 42.0 Å². The van der Waals surface area contributed by atoms with Crippen LogP contribution in [0.15, 0.2) is 42.7 Å². The van der Waals surface area contributed by atoms with Crippen LogP contribution in [0.25, 0.3) is 11.3 Å². The SMILES string of the molecule is CS(=O)(=O)N1CCC[C@H](c2cncc(-c3ccccc3)n2)C1. The van der Waals surface area contributed by atoms with Crippen LogP contribution in [0.4, 0.5) is 0 Å². The highest BCUT2D eigenvalue weighted by atomic mass is 32.2. The second-order valence-electron chi connectivity index (χ2n) is 5.66. The Kier molecular flexibility index (Phi) is 4.22. The lowest BCUT2D eigenvalue weighted by molar-refractivity contribution is 0.314. The molecule has 1 atom stereocenters. The van der Waals surface area contributed by atoms with Crippen LogP contribution >= 0.6 is 0 Å². The number of piperidine rings is 1. The molecule has 1 aliphatic heterocycles. The topological polar surface area (TPSA) is 63.2 Å². The Labute approximate surface area is 131 Å². The van der Waals surface area contributed by atoms with Crippen LogP contribution in [-0.2, 0) is 10.0 Å². The molecule has 3 rings (SSSR count). The standard InChI is InChI=1S/C16H19N3O2S/c1-22(20,21)19-9-5-8-14(12-19)16-11-17-10-15(18-16)13-6-3-2-4-7-13/h2-4,6-7,10-11,14H,5,8-9,12H2,1H3/t14-/m0/s1. The fourth-order valence-corrected chi connectivity index (χ4v) is 3.72. The third-order valence-corrected chi connectivity index (χ3v) is 5.26. The van der Waals surface area contributed by atoms with E-state index < -0.39 is 10.0 Å². The average Bonchev–Trinajstić information content (AvgIpc) is 2.55. The van der Waals surface area contributed by atoms with Crippen molar-refractivity contribution in [1.82, 2.24) is 14.3 Å². The first-order valence-corrected chi connectivity index (χ1v) is 9.21. The summed E-state index contributed by atoms with van der Waals surface area (Å²) in [6.45, 7) is 1.09. The van der Waals surface area contributed by atoms with Gasteiger partial charge in [0, 0.05) is 30.8 Å². The molecule has 1 aromatic heterocycles. The molecular formula is C16H19N3O2S.